The molecule has 5 atom stereocenters. The van der Waals surface area contributed by atoms with Crippen molar-refractivity contribution < 1.29 is 80.2 Å². The number of carbonyl (C=O) groups excluding carboxylic acids is 4. The first-order valence-electron chi connectivity index (χ1n) is 38.2. The molecule has 0 rings (SSSR count). The van der Waals surface area contributed by atoms with Gasteiger partial charge in [-0.1, -0.05) is 268 Å². The van der Waals surface area contributed by atoms with Crippen LogP contribution in [0.25, 0.3) is 0 Å². The molecule has 96 heavy (non-hydrogen) atoms. The first-order valence-corrected chi connectivity index (χ1v) is 41.2. The molecule has 558 valence electrons. The fourth-order valence-corrected chi connectivity index (χ4v) is 11.8. The van der Waals surface area contributed by atoms with Crippen molar-refractivity contribution in [1.29, 1.82) is 0 Å². The van der Waals surface area contributed by atoms with Gasteiger partial charge in [-0.3, -0.25) is 37.3 Å². The van der Waals surface area contributed by atoms with E-state index in [1.165, 1.54) is 128 Å². The van der Waals surface area contributed by atoms with Crippen LogP contribution in [0.1, 0.15) is 336 Å². The molecule has 0 aromatic rings. The predicted molar refractivity (Wildman–Crippen MR) is 390 cm³/mol. The largest absolute Gasteiger partial charge is 0.472 e. The molecule has 19 heteroatoms. The summed E-state index contributed by atoms with van der Waals surface area (Å²) in [6, 6.07) is 0. The lowest BCUT2D eigenvalue weighted by atomic mass is 10.0. The Morgan fingerprint density at radius 3 is 0.865 bits per heavy atom. The van der Waals surface area contributed by atoms with Crippen molar-refractivity contribution in [2.75, 3.05) is 39.6 Å². The normalized spacial score (nSPS) is 14.4. The molecule has 0 radical (unpaired) electrons. The molecule has 0 heterocycles. The van der Waals surface area contributed by atoms with Gasteiger partial charge >= 0.3 is 39.5 Å². The van der Waals surface area contributed by atoms with E-state index in [2.05, 4.69) is 88.5 Å². The number of hydrogen-bond donors (Lipinski definition) is 3. The van der Waals surface area contributed by atoms with Crippen LogP contribution in [0.15, 0.2) is 72.9 Å². The first-order chi connectivity index (χ1) is 46.7. The Bertz CT molecular complexity index is 2110. The molecule has 0 spiro atoms. The van der Waals surface area contributed by atoms with Crippen molar-refractivity contribution in [2.24, 2.45) is 0 Å². The van der Waals surface area contributed by atoms with E-state index < -0.39 is 97.5 Å². The molecule has 0 aromatic carbocycles. The Hall–Kier alpha value is -3.50. The number of hydrogen-bond acceptors (Lipinski definition) is 15. The number of rotatable bonds is 72. The molecule has 0 amide bonds. The quantitative estimate of drug-likeness (QED) is 0.0169. The van der Waals surface area contributed by atoms with Gasteiger partial charge in [-0.05, 0) is 116 Å². The van der Waals surface area contributed by atoms with Crippen molar-refractivity contribution in [3.63, 3.8) is 0 Å². The van der Waals surface area contributed by atoms with Crippen LogP contribution in [0.4, 0.5) is 0 Å². The number of phosphoric ester groups is 2. The summed E-state index contributed by atoms with van der Waals surface area (Å²) in [6.07, 6.45) is 69.0. The zero-order valence-electron chi connectivity index (χ0n) is 60.8. The molecule has 0 aliphatic carbocycles. The van der Waals surface area contributed by atoms with E-state index in [0.29, 0.717) is 32.1 Å². The van der Waals surface area contributed by atoms with E-state index in [-0.39, 0.29) is 25.7 Å². The standard InChI is InChI=1S/C77H138O17P2/c1-5-9-13-17-21-25-29-33-34-35-36-40-42-46-50-54-58-62-75(80)88-68-73(94-77(82)64-60-56-52-48-44-39-32-28-24-20-16-12-8-4)70-92-96(85,86)90-66-71(78)65-89-95(83,84)91-69-72(93-76(81)63-59-55-51-47-43-38-31-27-23-19-15-11-7-3)67-87-74(79)61-57-53-49-45-41-37-30-26-22-18-14-10-6-2/h21,25,27-28,31-34,36,40,46,50,71-73,78H,5-20,22-24,26,29-30,35,37-39,41-45,47-49,51-70H2,1-4H3,(H,83,84)(H,85,86)/b25-21-,31-27-,32-28-,34-33-,40-36-,50-46-/t71-,72+,73+/m0/s1. The Balaban J connectivity index is 5.37. The zero-order chi connectivity index (χ0) is 70.4. The SMILES string of the molecule is CCCCC/C=C\C/C=C\C/C=C\C/C=C\CCCC(=O)OC[C@H](COP(=O)(O)OC[C@@H](O)COP(=O)(O)OC[C@@H](COC(=O)CCCCCCCCCCCCCCC)OC(=O)CCCCCCC/C=C\CCCCCC)OC(=O)CCCCCCC/C=C\CCCCCC. The van der Waals surface area contributed by atoms with Crippen molar-refractivity contribution in [3.8, 4) is 0 Å². The molecular formula is C77H138O17P2. The van der Waals surface area contributed by atoms with Gasteiger partial charge in [-0.25, -0.2) is 9.13 Å². The molecule has 2 unspecified atom stereocenters. The maximum Gasteiger partial charge on any atom is 0.472 e. The summed E-state index contributed by atoms with van der Waals surface area (Å²) in [5, 5.41) is 10.6. The monoisotopic (exact) mass is 1400 g/mol. The summed E-state index contributed by atoms with van der Waals surface area (Å²) in [6.45, 7) is 4.77. The highest BCUT2D eigenvalue weighted by atomic mass is 31.2. The van der Waals surface area contributed by atoms with Crippen molar-refractivity contribution >= 4 is 39.5 Å². The number of aliphatic hydroxyl groups excluding tert-OH is 1. The van der Waals surface area contributed by atoms with Gasteiger partial charge in [0.1, 0.15) is 19.3 Å². The predicted octanol–water partition coefficient (Wildman–Crippen LogP) is 21.7. The second-order valence-corrected chi connectivity index (χ2v) is 28.5. The molecule has 0 bridgehead atoms. The molecule has 0 saturated carbocycles. The van der Waals surface area contributed by atoms with Crippen LogP contribution in [0, 0.1) is 0 Å². The molecule has 0 fully saturated rings. The molecule has 0 saturated heterocycles. The summed E-state index contributed by atoms with van der Waals surface area (Å²) in [4.78, 5) is 72.7. The molecule has 17 nitrogen and oxygen atoms in total. The molecule has 0 aliphatic heterocycles. The molecular weight excluding hydrogens is 1260 g/mol. The van der Waals surface area contributed by atoms with E-state index in [9.17, 15) is 43.2 Å². The third-order valence-corrected chi connectivity index (χ3v) is 18.0. The number of allylic oxidation sites excluding steroid dienone is 12. The van der Waals surface area contributed by atoms with E-state index >= 15 is 0 Å². The number of phosphoric acid groups is 2. The summed E-state index contributed by atoms with van der Waals surface area (Å²) in [5.41, 5.74) is 0. The zero-order valence-corrected chi connectivity index (χ0v) is 62.6. The summed E-state index contributed by atoms with van der Waals surface area (Å²) >= 11 is 0. The lowest BCUT2D eigenvalue weighted by molar-refractivity contribution is -0.161. The molecule has 3 N–H and O–H groups in total. The number of esters is 4. The lowest BCUT2D eigenvalue weighted by Crippen LogP contribution is -2.30. The number of carbonyl (C=O) groups is 4. The van der Waals surface area contributed by atoms with Gasteiger partial charge in [0, 0.05) is 25.7 Å². The van der Waals surface area contributed by atoms with Gasteiger partial charge in [-0.2, -0.15) is 0 Å². The van der Waals surface area contributed by atoms with Gasteiger partial charge < -0.3 is 33.8 Å². The second kappa shape index (κ2) is 70.0. The van der Waals surface area contributed by atoms with Crippen LogP contribution in [0.3, 0.4) is 0 Å². The minimum atomic E-state index is -4.98. The van der Waals surface area contributed by atoms with Crippen LogP contribution in [-0.2, 0) is 65.4 Å². The third kappa shape index (κ3) is 69.0. The number of ether oxygens (including phenoxy) is 4. The smallest absolute Gasteiger partial charge is 0.462 e. The Morgan fingerprint density at radius 1 is 0.292 bits per heavy atom. The Kier molecular flexibility index (Phi) is 67.4. The van der Waals surface area contributed by atoms with Gasteiger partial charge in [-0.15, -0.1) is 0 Å². The van der Waals surface area contributed by atoms with E-state index in [4.69, 9.17) is 37.0 Å². The highest BCUT2D eigenvalue weighted by molar-refractivity contribution is 7.47. The van der Waals surface area contributed by atoms with E-state index in [0.717, 1.165) is 122 Å². The summed E-state index contributed by atoms with van der Waals surface area (Å²) in [5.74, 6) is -2.24. The van der Waals surface area contributed by atoms with Crippen LogP contribution >= 0.6 is 15.6 Å². The van der Waals surface area contributed by atoms with Crippen molar-refractivity contribution in [1.82, 2.24) is 0 Å². The van der Waals surface area contributed by atoms with Gasteiger partial charge in [0.2, 0.25) is 0 Å². The van der Waals surface area contributed by atoms with Gasteiger partial charge in [0.05, 0.1) is 26.4 Å². The topological polar surface area (TPSA) is 237 Å². The Morgan fingerprint density at radius 2 is 0.521 bits per heavy atom. The maximum absolute atomic E-state index is 13.1. The van der Waals surface area contributed by atoms with E-state index in [1.54, 1.807) is 0 Å². The molecule has 0 aliphatic rings. The lowest BCUT2D eigenvalue weighted by Gasteiger charge is -2.21. The minimum absolute atomic E-state index is 0.0754. The van der Waals surface area contributed by atoms with Gasteiger partial charge in [0.15, 0.2) is 12.2 Å². The average Bonchev–Trinajstić information content (AvgIpc) is 3.12. The Labute approximate surface area is 583 Å². The van der Waals surface area contributed by atoms with Crippen LogP contribution in [0.2, 0.25) is 0 Å². The first kappa shape index (κ1) is 92.5. The number of aliphatic hydroxyl groups is 1. The highest BCUT2D eigenvalue weighted by Gasteiger charge is 2.30. The van der Waals surface area contributed by atoms with Crippen LogP contribution in [-0.4, -0.2) is 96.7 Å². The third-order valence-electron chi connectivity index (χ3n) is 16.1. The van der Waals surface area contributed by atoms with Gasteiger partial charge in [0.25, 0.3) is 0 Å². The van der Waals surface area contributed by atoms with Crippen molar-refractivity contribution in [3.05, 3.63) is 72.9 Å². The highest BCUT2D eigenvalue weighted by Crippen LogP contribution is 2.45. The second-order valence-electron chi connectivity index (χ2n) is 25.6. The molecule has 0 aromatic heterocycles. The minimum Gasteiger partial charge on any atom is -0.462 e. The fourth-order valence-electron chi connectivity index (χ4n) is 10.3. The fraction of sp³-hybridized carbons (Fsp3) is 0.792. The average molecular weight is 1400 g/mol. The van der Waals surface area contributed by atoms with Crippen molar-refractivity contribution in [2.45, 2.75) is 354 Å². The maximum atomic E-state index is 13.1. The van der Waals surface area contributed by atoms with Crippen LogP contribution in [0.5, 0.6) is 0 Å². The summed E-state index contributed by atoms with van der Waals surface area (Å²) < 4.78 is 68.4. The summed E-state index contributed by atoms with van der Waals surface area (Å²) in [7, 11) is -9.95. The number of unbranched alkanes of at least 4 members (excludes halogenated alkanes) is 34. The van der Waals surface area contributed by atoms with E-state index in [1.807, 2.05) is 12.2 Å². The van der Waals surface area contributed by atoms with Crippen LogP contribution < -0.4 is 0 Å².